The van der Waals surface area contributed by atoms with Crippen molar-refractivity contribution < 1.29 is 0 Å². The molecule has 1 heterocycles. The quantitative estimate of drug-likeness (QED) is 0.719. The molecule has 0 unspecified atom stereocenters. The lowest BCUT2D eigenvalue weighted by Gasteiger charge is -2.00. The molecule has 0 fully saturated rings. The van der Waals surface area contributed by atoms with Gasteiger partial charge in [-0.3, -0.25) is 0 Å². The summed E-state index contributed by atoms with van der Waals surface area (Å²) < 4.78 is 1.23. The molecule has 1 aromatic heterocycles. The molecule has 0 radical (unpaired) electrons. The highest BCUT2D eigenvalue weighted by Crippen LogP contribution is 2.31. The molecule has 1 N–H and O–H groups in total. The van der Waals surface area contributed by atoms with Crippen LogP contribution in [0.15, 0.2) is 42.5 Å². The first-order valence-electron chi connectivity index (χ1n) is 5.93. The van der Waals surface area contributed by atoms with E-state index in [1.807, 2.05) is 30.3 Å². The topological polar surface area (TPSA) is 24.9 Å². The fraction of sp³-hybridized carbons (Fsp3) is 0.133. The number of anilines is 2. The standard InChI is InChI=1S/C15H14N2S/c1-10-8-9-13-14(11(10)2)17-15(18-13)16-12-6-4-3-5-7-12/h3-9H,1-2H3,(H,16,17). The zero-order chi connectivity index (χ0) is 12.5. The first-order valence-corrected chi connectivity index (χ1v) is 6.74. The molecule has 0 aliphatic carbocycles. The smallest absolute Gasteiger partial charge is 0.188 e. The van der Waals surface area contributed by atoms with Gasteiger partial charge in [-0.05, 0) is 43.2 Å². The lowest BCUT2D eigenvalue weighted by molar-refractivity contribution is 1.34. The van der Waals surface area contributed by atoms with Crippen LogP contribution in [-0.2, 0) is 0 Å². The van der Waals surface area contributed by atoms with E-state index < -0.39 is 0 Å². The van der Waals surface area contributed by atoms with E-state index in [0.29, 0.717) is 0 Å². The molecule has 0 saturated heterocycles. The molecule has 0 saturated carbocycles. The number of hydrogen-bond donors (Lipinski definition) is 1. The Kier molecular flexibility index (Phi) is 2.76. The van der Waals surface area contributed by atoms with Gasteiger partial charge >= 0.3 is 0 Å². The average Bonchev–Trinajstić information content (AvgIpc) is 2.79. The Balaban J connectivity index is 2.02. The SMILES string of the molecule is Cc1ccc2sc(Nc3ccccc3)nc2c1C. The summed E-state index contributed by atoms with van der Waals surface area (Å²) in [4.78, 5) is 4.68. The normalized spacial score (nSPS) is 10.8. The van der Waals surface area contributed by atoms with E-state index >= 15 is 0 Å². The van der Waals surface area contributed by atoms with Gasteiger partial charge in [0.05, 0.1) is 10.2 Å². The van der Waals surface area contributed by atoms with Crippen molar-refractivity contribution in [1.82, 2.24) is 4.98 Å². The maximum absolute atomic E-state index is 4.68. The van der Waals surface area contributed by atoms with Gasteiger partial charge in [0, 0.05) is 5.69 Å². The van der Waals surface area contributed by atoms with Crippen LogP contribution >= 0.6 is 11.3 Å². The van der Waals surface area contributed by atoms with Gasteiger partial charge in [-0.2, -0.15) is 0 Å². The third-order valence-corrected chi connectivity index (χ3v) is 4.05. The van der Waals surface area contributed by atoms with Crippen LogP contribution in [0.1, 0.15) is 11.1 Å². The maximum Gasteiger partial charge on any atom is 0.188 e. The highest BCUT2D eigenvalue weighted by molar-refractivity contribution is 7.22. The number of hydrogen-bond acceptors (Lipinski definition) is 3. The van der Waals surface area contributed by atoms with Gasteiger partial charge in [-0.1, -0.05) is 35.6 Å². The summed E-state index contributed by atoms with van der Waals surface area (Å²) in [5.41, 5.74) is 4.74. The number of thiazole rings is 1. The summed E-state index contributed by atoms with van der Waals surface area (Å²) in [6.45, 7) is 4.25. The molecular formula is C15H14N2S. The second-order valence-electron chi connectivity index (χ2n) is 4.36. The monoisotopic (exact) mass is 254 g/mol. The van der Waals surface area contributed by atoms with Crippen LogP contribution in [0.5, 0.6) is 0 Å². The van der Waals surface area contributed by atoms with Crippen LogP contribution in [0, 0.1) is 13.8 Å². The number of nitrogens with zero attached hydrogens (tertiary/aromatic N) is 1. The fourth-order valence-electron chi connectivity index (χ4n) is 1.92. The first kappa shape index (κ1) is 11.2. The van der Waals surface area contributed by atoms with Gasteiger partial charge in [0.15, 0.2) is 5.13 Å². The second-order valence-corrected chi connectivity index (χ2v) is 5.39. The molecule has 0 amide bonds. The van der Waals surface area contributed by atoms with Crippen molar-refractivity contribution in [3.05, 3.63) is 53.6 Å². The molecular weight excluding hydrogens is 240 g/mol. The third-order valence-electron chi connectivity index (χ3n) is 3.11. The van der Waals surface area contributed by atoms with E-state index in [9.17, 15) is 0 Å². The number of benzene rings is 2. The van der Waals surface area contributed by atoms with Crippen LogP contribution in [0.3, 0.4) is 0 Å². The van der Waals surface area contributed by atoms with Crippen molar-refractivity contribution in [3.63, 3.8) is 0 Å². The van der Waals surface area contributed by atoms with Crippen molar-refractivity contribution >= 4 is 32.4 Å². The zero-order valence-electron chi connectivity index (χ0n) is 10.4. The average molecular weight is 254 g/mol. The van der Waals surface area contributed by atoms with Gasteiger partial charge in [0.1, 0.15) is 0 Å². The summed E-state index contributed by atoms with van der Waals surface area (Å²) >= 11 is 1.69. The van der Waals surface area contributed by atoms with Crippen molar-refractivity contribution in [2.75, 3.05) is 5.32 Å². The molecule has 90 valence electrons. The van der Waals surface area contributed by atoms with Gasteiger partial charge < -0.3 is 5.32 Å². The van der Waals surface area contributed by atoms with E-state index in [-0.39, 0.29) is 0 Å². The van der Waals surface area contributed by atoms with Gasteiger partial charge in [0.25, 0.3) is 0 Å². The van der Waals surface area contributed by atoms with Crippen molar-refractivity contribution in [3.8, 4) is 0 Å². The molecule has 0 spiro atoms. The Morgan fingerprint density at radius 1 is 1.00 bits per heavy atom. The molecule has 2 nitrogen and oxygen atoms in total. The van der Waals surface area contributed by atoms with Gasteiger partial charge in [-0.25, -0.2) is 4.98 Å². The maximum atomic E-state index is 4.68. The Morgan fingerprint density at radius 2 is 1.78 bits per heavy atom. The molecule has 18 heavy (non-hydrogen) atoms. The molecule has 2 aromatic carbocycles. The number of rotatable bonds is 2. The van der Waals surface area contributed by atoms with Gasteiger partial charge in [0.2, 0.25) is 0 Å². The summed E-state index contributed by atoms with van der Waals surface area (Å²) in [7, 11) is 0. The Bertz CT molecular complexity index is 686. The van der Waals surface area contributed by atoms with Crippen LogP contribution in [0.4, 0.5) is 10.8 Å². The largest absolute Gasteiger partial charge is 0.332 e. The number of aromatic nitrogens is 1. The molecule has 0 atom stereocenters. The Labute approximate surface area is 110 Å². The molecule has 3 rings (SSSR count). The van der Waals surface area contributed by atoms with Crippen molar-refractivity contribution in [2.24, 2.45) is 0 Å². The third kappa shape index (κ3) is 1.97. The molecule has 0 aliphatic rings. The van der Waals surface area contributed by atoms with Gasteiger partial charge in [-0.15, -0.1) is 0 Å². The summed E-state index contributed by atoms with van der Waals surface area (Å²) in [5, 5.41) is 4.30. The Morgan fingerprint density at radius 3 is 2.56 bits per heavy atom. The van der Waals surface area contributed by atoms with Crippen LogP contribution in [0.25, 0.3) is 10.2 Å². The highest BCUT2D eigenvalue weighted by Gasteiger charge is 2.07. The van der Waals surface area contributed by atoms with Crippen molar-refractivity contribution in [1.29, 1.82) is 0 Å². The van der Waals surface area contributed by atoms with Crippen LogP contribution in [0.2, 0.25) is 0 Å². The molecule has 0 aliphatic heterocycles. The van der Waals surface area contributed by atoms with E-state index in [1.54, 1.807) is 11.3 Å². The minimum Gasteiger partial charge on any atom is -0.332 e. The second kappa shape index (κ2) is 4.42. The van der Waals surface area contributed by atoms with E-state index in [1.165, 1.54) is 15.8 Å². The van der Waals surface area contributed by atoms with Crippen LogP contribution < -0.4 is 5.32 Å². The number of aryl methyl sites for hydroxylation is 2. The number of nitrogens with one attached hydrogen (secondary N) is 1. The predicted octanol–water partition coefficient (Wildman–Crippen LogP) is 4.66. The number of fused-ring (bicyclic) bond motifs is 1. The highest BCUT2D eigenvalue weighted by atomic mass is 32.1. The lowest BCUT2D eigenvalue weighted by atomic mass is 10.1. The predicted molar refractivity (Wildman–Crippen MR) is 78.8 cm³/mol. The van der Waals surface area contributed by atoms with Crippen molar-refractivity contribution in [2.45, 2.75) is 13.8 Å². The zero-order valence-corrected chi connectivity index (χ0v) is 11.2. The lowest BCUT2D eigenvalue weighted by Crippen LogP contribution is -1.88. The number of para-hydroxylation sites is 1. The van der Waals surface area contributed by atoms with E-state index in [0.717, 1.165) is 16.3 Å². The Hall–Kier alpha value is -1.87. The molecule has 3 aromatic rings. The summed E-state index contributed by atoms with van der Waals surface area (Å²) in [6.07, 6.45) is 0. The van der Waals surface area contributed by atoms with E-state index in [4.69, 9.17) is 0 Å². The van der Waals surface area contributed by atoms with E-state index in [2.05, 4.69) is 36.3 Å². The van der Waals surface area contributed by atoms with Crippen LogP contribution in [-0.4, -0.2) is 4.98 Å². The first-order chi connectivity index (χ1) is 8.74. The summed E-state index contributed by atoms with van der Waals surface area (Å²) in [6, 6.07) is 14.4. The fourth-order valence-corrected chi connectivity index (χ4v) is 2.87. The molecule has 3 heteroatoms. The minimum atomic E-state index is 0.949. The molecule has 0 bridgehead atoms. The minimum absolute atomic E-state index is 0.949. The summed E-state index contributed by atoms with van der Waals surface area (Å²) in [5.74, 6) is 0.